The summed E-state index contributed by atoms with van der Waals surface area (Å²) < 4.78 is 15.2. The van der Waals surface area contributed by atoms with E-state index in [4.69, 9.17) is 39.1 Å². The molecule has 358 valence electrons. The number of carbonyl (C=O) groups is 3. The number of aryl methyl sites for hydroxylation is 3. The number of thiazole rings is 3. The average molecular weight is 1010 g/mol. The Balaban J connectivity index is 0.000000334. The molecular weight excluding hydrogens is 959 g/mol. The molecule has 7 aromatic heterocycles. The van der Waals surface area contributed by atoms with Gasteiger partial charge in [-0.3, -0.25) is 14.6 Å². The number of Topliss-reactive ketones (excluding diaryl/α,β-unsaturated/α-hetero) is 2. The number of hydrogen-bond donors (Lipinski definition) is 6. The summed E-state index contributed by atoms with van der Waals surface area (Å²) in [5, 5.41) is 41.1. The highest BCUT2D eigenvalue weighted by Crippen LogP contribution is 2.28. The van der Waals surface area contributed by atoms with Crippen molar-refractivity contribution >= 4 is 112 Å². The van der Waals surface area contributed by atoms with Crippen LogP contribution >= 0.6 is 57.2 Å². The van der Waals surface area contributed by atoms with Crippen molar-refractivity contribution in [3.05, 3.63) is 72.5 Å². The van der Waals surface area contributed by atoms with Gasteiger partial charge in [-0.05, 0) is 96.1 Å². The maximum absolute atomic E-state index is 13.4. The quantitative estimate of drug-likeness (QED) is 0.0468. The van der Waals surface area contributed by atoms with Crippen LogP contribution in [0.3, 0.4) is 0 Å². The fourth-order valence-electron chi connectivity index (χ4n) is 5.18. The highest BCUT2D eigenvalue weighted by Gasteiger charge is 2.21. The first-order valence-electron chi connectivity index (χ1n) is 19.3. The third kappa shape index (κ3) is 16.7. The molecule has 7 N–H and O–H groups in total. The molecule has 0 amide bonds. The van der Waals surface area contributed by atoms with Gasteiger partial charge in [0.15, 0.2) is 34.2 Å². The first-order valence-corrected chi connectivity index (χ1v) is 22.5. The van der Waals surface area contributed by atoms with Gasteiger partial charge in [0.2, 0.25) is 16.5 Å². The van der Waals surface area contributed by atoms with Gasteiger partial charge >= 0.3 is 5.97 Å². The molecule has 7 heterocycles. The minimum atomic E-state index is -1.12. The van der Waals surface area contributed by atoms with Crippen molar-refractivity contribution in [2.45, 2.75) is 113 Å². The molecule has 19 nitrogen and oxygen atoms in total. The van der Waals surface area contributed by atoms with Gasteiger partial charge in [0.1, 0.15) is 31.3 Å². The Kier molecular flexibility index (Phi) is 22.8. The SMILES string of the molecule is C.C.C[C@@H](O)CN.Cc1nc2nc(Cl)nc(C(=O)CC[C@@H](C)O)c2s1.Cc1nc2nc(Cl)nc(C(=O)O)c2s1.Cc1nc2nc(N[C@@H](C)c3cncc(F)c3)nc(C(=O)CC[C@@H](C)O)c2s1. The number of pyridine rings is 1. The molecule has 0 aliphatic carbocycles. The average Bonchev–Trinajstić information content (AvgIpc) is 3.92. The molecule has 0 unspecified atom stereocenters. The molecule has 0 aromatic carbocycles. The second kappa shape index (κ2) is 26.4. The normalized spacial score (nSPS) is 12.5. The van der Waals surface area contributed by atoms with Crippen LogP contribution in [-0.2, 0) is 0 Å². The predicted molar refractivity (Wildman–Crippen MR) is 258 cm³/mol. The van der Waals surface area contributed by atoms with E-state index in [0.717, 1.165) is 21.2 Å². The number of ketones is 2. The number of carbonyl (C=O) groups excluding carboxylic acids is 2. The Morgan fingerprint density at radius 3 is 1.48 bits per heavy atom. The topological polar surface area (TPSA) is 299 Å². The molecule has 0 spiro atoms. The van der Waals surface area contributed by atoms with Gasteiger partial charge in [-0.1, -0.05) is 14.9 Å². The van der Waals surface area contributed by atoms with E-state index in [1.54, 1.807) is 33.9 Å². The number of aliphatic hydroxyl groups excluding tert-OH is 3. The minimum Gasteiger partial charge on any atom is -0.476 e. The number of fused-ring (bicyclic) bond motifs is 3. The number of anilines is 1. The molecule has 0 aliphatic rings. The van der Waals surface area contributed by atoms with Crippen LogP contribution in [0.25, 0.3) is 31.0 Å². The van der Waals surface area contributed by atoms with Crippen LogP contribution in [0.1, 0.15) is 126 Å². The Hall–Kier alpha value is -4.98. The van der Waals surface area contributed by atoms with Gasteiger partial charge in [-0.25, -0.2) is 39.1 Å². The van der Waals surface area contributed by atoms with Crippen molar-refractivity contribution in [1.82, 2.24) is 49.8 Å². The van der Waals surface area contributed by atoms with Crippen molar-refractivity contribution in [1.29, 1.82) is 0 Å². The summed E-state index contributed by atoms with van der Waals surface area (Å²) >= 11 is 15.3. The molecule has 0 radical (unpaired) electrons. The van der Waals surface area contributed by atoms with Gasteiger partial charge in [0.05, 0.1) is 45.6 Å². The van der Waals surface area contributed by atoms with Crippen LogP contribution < -0.4 is 11.1 Å². The molecule has 7 rings (SSSR count). The Morgan fingerprint density at radius 1 is 0.667 bits per heavy atom. The number of hydrogen-bond acceptors (Lipinski definition) is 21. The Labute approximate surface area is 402 Å². The summed E-state index contributed by atoms with van der Waals surface area (Å²) in [5.74, 6) is -1.63. The number of halogens is 3. The molecule has 0 bridgehead atoms. The Morgan fingerprint density at radius 2 is 1.08 bits per heavy atom. The molecule has 0 saturated carbocycles. The fourth-order valence-corrected chi connectivity index (χ4v) is 8.08. The van der Waals surface area contributed by atoms with Gasteiger partial charge in [-0.15, -0.1) is 34.0 Å². The van der Waals surface area contributed by atoms with Crippen LogP contribution in [0.2, 0.25) is 10.6 Å². The molecule has 0 fully saturated rings. The molecule has 66 heavy (non-hydrogen) atoms. The van der Waals surface area contributed by atoms with E-state index in [-0.39, 0.29) is 73.6 Å². The highest BCUT2D eigenvalue weighted by atomic mass is 35.5. The summed E-state index contributed by atoms with van der Waals surface area (Å²) in [4.78, 5) is 76.1. The number of aromatic carboxylic acids is 1. The molecule has 7 aromatic rings. The van der Waals surface area contributed by atoms with Crippen molar-refractivity contribution in [2.24, 2.45) is 5.73 Å². The number of nitrogens with zero attached hydrogens (tertiary/aromatic N) is 10. The molecule has 4 atom stereocenters. The number of nitrogens with one attached hydrogen (secondary N) is 1. The summed E-state index contributed by atoms with van der Waals surface area (Å²) in [6, 6.07) is 1.07. The van der Waals surface area contributed by atoms with Crippen molar-refractivity contribution in [2.75, 3.05) is 11.9 Å². The van der Waals surface area contributed by atoms with Crippen molar-refractivity contribution < 1.29 is 39.2 Å². The largest absolute Gasteiger partial charge is 0.476 e. The molecule has 25 heteroatoms. The number of carboxylic acid groups (broad SMARTS) is 1. The van der Waals surface area contributed by atoms with Crippen LogP contribution in [0.5, 0.6) is 0 Å². The lowest BCUT2D eigenvalue weighted by Crippen LogP contribution is -2.14. The standard InChI is InChI=1S/C18H20FN5O2S.C11H12ClN3O2S.C7H4ClN3O2S.C3H9NO.2CH4/c1-9(25)4-5-14(26)15-16-17(22-11(3)27-16)24-18(23-15)21-10(2)12-6-13(19)8-20-7-12;1-5(16)3-4-7(17)8-9-10(13-6(2)18-9)15-11(12)14-8;1-2-9-5-4(14-2)3(6(12)13)10-7(8)11-5;1-3(5)2-4;;/h6-10,25H,4-5H2,1-3H3,(H,21,23,24);5,16H,3-4H2,1-2H3;1H3,(H,12,13);3,5H,2,4H2,1H3;2*1H4/t9-,10+;5-;;3-;;/m11.1../s1. The first kappa shape index (κ1) is 57.1. The van der Waals surface area contributed by atoms with Gasteiger partial charge in [0.25, 0.3) is 0 Å². The van der Waals surface area contributed by atoms with E-state index in [0.29, 0.717) is 67.4 Å². The monoisotopic (exact) mass is 1010 g/mol. The third-order valence-corrected chi connectivity index (χ3v) is 11.5. The van der Waals surface area contributed by atoms with E-state index in [2.05, 4.69) is 55.2 Å². The fraction of sp³-hybridized carbons (Fsp3) is 0.439. The summed E-state index contributed by atoms with van der Waals surface area (Å²) in [5.41, 5.74) is 7.29. The summed E-state index contributed by atoms with van der Waals surface area (Å²) in [6.07, 6.45) is 2.46. The van der Waals surface area contributed by atoms with E-state index >= 15 is 0 Å². The number of rotatable bonds is 13. The molecular formula is C41H53Cl2FN12O7S3. The van der Waals surface area contributed by atoms with E-state index in [1.165, 1.54) is 40.1 Å². The lowest BCUT2D eigenvalue weighted by Gasteiger charge is -2.14. The summed E-state index contributed by atoms with van der Waals surface area (Å²) in [7, 11) is 0. The number of carboxylic acids is 1. The number of aliphatic hydroxyl groups is 3. The van der Waals surface area contributed by atoms with E-state index in [9.17, 15) is 29.0 Å². The second-order valence-electron chi connectivity index (χ2n) is 14.0. The van der Waals surface area contributed by atoms with Gasteiger partial charge in [-0.2, -0.15) is 15.0 Å². The number of aromatic nitrogens is 10. The molecule has 0 saturated heterocycles. The zero-order valence-electron chi connectivity index (χ0n) is 35.5. The summed E-state index contributed by atoms with van der Waals surface area (Å²) in [6.45, 7) is 12.6. The minimum absolute atomic E-state index is 0. The Bertz CT molecular complexity index is 2740. The maximum Gasteiger partial charge on any atom is 0.356 e. The van der Waals surface area contributed by atoms with Crippen molar-refractivity contribution in [3.63, 3.8) is 0 Å². The lowest BCUT2D eigenvalue weighted by atomic mass is 10.1. The van der Waals surface area contributed by atoms with Gasteiger partial charge < -0.3 is 31.5 Å². The first-order chi connectivity index (χ1) is 30.1. The molecule has 0 aliphatic heterocycles. The zero-order valence-corrected chi connectivity index (χ0v) is 39.5. The van der Waals surface area contributed by atoms with Crippen LogP contribution in [0, 0.1) is 26.6 Å². The van der Waals surface area contributed by atoms with Crippen LogP contribution in [0.15, 0.2) is 18.5 Å². The third-order valence-electron chi connectivity index (χ3n) is 8.25. The van der Waals surface area contributed by atoms with Gasteiger partial charge in [0, 0.05) is 25.6 Å². The zero-order chi connectivity index (χ0) is 47.4. The van der Waals surface area contributed by atoms with Crippen LogP contribution in [-0.4, -0.2) is 113 Å². The highest BCUT2D eigenvalue weighted by molar-refractivity contribution is 7.19. The van der Waals surface area contributed by atoms with Crippen molar-refractivity contribution in [3.8, 4) is 0 Å². The van der Waals surface area contributed by atoms with Crippen LogP contribution in [0.4, 0.5) is 10.3 Å². The van der Waals surface area contributed by atoms with E-state index in [1.807, 2.05) is 20.8 Å². The van der Waals surface area contributed by atoms with E-state index < -0.39 is 24.0 Å². The number of nitrogens with two attached hydrogens (primary N) is 1. The predicted octanol–water partition coefficient (Wildman–Crippen LogP) is 8.18. The maximum atomic E-state index is 13.4. The second-order valence-corrected chi connectivity index (χ2v) is 18.3. The smallest absolute Gasteiger partial charge is 0.356 e. The lowest BCUT2D eigenvalue weighted by molar-refractivity contribution is 0.0692.